The molecular formula is C18H20N2O2. The average Bonchev–Trinajstić information content (AvgIpc) is 2.84. The van der Waals surface area contributed by atoms with Gasteiger partial charge in [-0.05, 0) is 49.4 Å². The van der Waals surface area contributed by atoms with Crippen molar-refractivity contribution < 1.29 is 9.94 Å². The van der Waals surface area contributed by atoms with Crippen LogP contribution in [0.5, 0.6) is 5.75 Å². The topological polar surface area (TPSA) is 53.8 Å². The van der Waals surface area contributed by atoms with E-state index in [1.54, 1.807) is 12.3 Å². The van der Waals surface area contributed by atoms with Crippen molar-refractivity contribution in [1.29, 1.82) is 0 Å². The Balaban J connectivity index is 2.39. The number of oxime groups is 1. The summed E-state index contributed by atoms with van der Waals surface area (Å²) in [4.78, 5) is 0. The Morgan fingerprint density at radius 1 is 1.32 bits per heavy atom. The lowest BCUT2D eigenvalue weighted by atomic mass is 10.0. The number of rotatable bonds is 6. The van der Waals surface area contributed by atoms with Gasteiger partial charge in [-0.3, -0.25) is 0 Å². The molecule has 2 N–H and O–H groups in total. The molecular weight excluding hydrogens is 276 g/mol. The van der Waals surface area contributed by atoms with Gasteiger partial charge in [0.2, 0.25) is 0 Å². The van der Waals surface area contributed by atoms with Gasteiger partial charge in [-0.1, -0.05) is 30.0 Å². The van der Waals surface area contributed by atoms with Crippen molar-refractivity contribution in [1.82, 2.24) is 5.32 Å². The third-order valence-corrected chi connectivity index (χ3v) is 3.34. The Labute approximate surface area is 130 Å². The van der Waals surface area contributed by atoms with E-state index in [1.807, 2.05) is 50.4 Å². The summed E-state index contributed by atoms with van der Waals surface area (Å²) in [7, 11) is 1.87. The monoisotopic (exact) mass is 296 g/mol. The van der Waals surface area contributed by atoms with E-state index in [2.05, 4.69) is 17.1 Å². The van der Waals surface area contributed by atoms with Gasteiger partial charge >= 0.3 is 0 Å². The third kappa shape index (κ3) is 3.02. The third-order valence-electron chi connectivity index (χ3n) is 3.34. The number of nitrogens with one attached hydrogen (secondary N) is 1. The lowest BCUT2D eigenvalue weighted by molar-refractivity contribution is 0.319. The first-order valence-electron chi connectivity index (χ1n) is 7.09. The molecule has 4 nitrogen and oxygen atoms in total. The van der Waals surface area contributed by atoms with Crippen LogP contribution in [0, 0.1) is 0 Å². The van der Waals surface area contributed by atoms with Crippen LogP contribution in [-0.4, -0.2) is 24.5 Å². The molecule has 1 aromatic carbocycles. The molecule has 0 amide bonds. The minimum absolute atomic E-state index is 0.516. The van der Waals surface area contributed by atoms with Crippen molar-refractivity contribution in [3.8, 4) is 5.75 Å². The van der Waals surface area contributed by atoms with Crippen molar-refractivity contribution in [2.24, 2.45) is 5.16 Å². The van der Waals surface area contributed by atoms with E-state index < -0.39 is 0 Å². The fourth-order valence-electron chi connectivity index (χ4n) is 2.40. The maximum Gasteiger partial charge on any atom is 0.127 e. The molecule has 0 saturated carbocycles. The number of benzene rings is 1. The number of ether oxygens (including phenoxy) is 1. The molecule has 0 aromatic heterocycles. The molecule has 2 rings (SSSR count). The number of hydrogen-bond acceptors (Lipinski definition) is 4. The first-order valence-corrected chi connectivity index (χ1v) is 7.09. The summed E-state index contributed by atoms with van der Waals surface area (Å²) in [6.45, 7) is 6.50. The first kappa shape index (κ1) is 15.8. The summed E-state index contributed by atoms with van der Waals surface area (Å²) in [5, 5.41) is 15.8. The fraction of sp³-hybridized carbons (Fsp3) is 0.167. The summed E-state index contributed by atoms with van der Waals surface area (Å²) in [5.74, 6) is 0.692. The number of allylic oxidation sites excluding steroid dienone is 5. The highest BCUT2D eigenvalue weighted by molar-refractivity contribution is 6.26. The van der Waals surface area contributed by atoms with Crippen LogP contribution in [-0.2, 0) is 0 Å². The minimum Gasteiger partial charge on any atom is -0.465 e. The molecule has 22 heavy (non-hydrogen) atoms. The van der Waals surface area contributed by atoms with Gasteiger partial charge in [0.1, 0.15) is 11.5 Å². The molecule has 0 spiro atoms. The van der Waals surface area contributed by atoms with E-state index >= 15 is 0 Å². The number of likely N-dealkylation sites (N-methyl/N-ethyl adjacent to an activating group) is 1. The molecule has 0 radical (unpaired) electrons. The molecule has 4 heteroatoms. The van der Waals surface area contributed by atoms with Crippen LogP contribution in [0.3, 0.4) is 0 Å². The van der Waals surface area contributed by atoms with Gasteiger partial charge in [0.15, 0.2) is 0 Å². The van der Waals surface area contributed by atoms with Crippen LogP contribution in [0.25, 0.3) is 5.57 Å². The largest absolute Gasteiger partial charge is 0.465 e. The predicted molar refractivity (Wildman–Crippen MR) is 90.4 cm³/mol. The van der Waals surface area contributed by atoms with Gasteiger partial charge in [0.05, 0.1) is 6.26 Å². The molecule has 1 aliphatic rings. The van der Waals surface area contributed by atoms with Crippen molar-refractivity contribution in [2.45, 2.75) is 6.92 Å². The number of hydrogen-bond donors (Lipinski definition) is 2. The molecule has 0 saturated heterocycles. The Kier molecular flexibility index (Phi) is 5.33. The molecule has 1 aliphatic carbocycles. The molecule has 0 fully saturated rings. The van der Waals surface area contributed by atoms with Crippen LogP contribution in [0.4, 0.5) is 0 Å². The highest BCUT2D eigenvalue weighted by Gasteiger charge is 2.25. The van der Waals surface area contributed by atoms with Gasteiger partial charge in [0, 0.05) is 17.7 Å². The van der Waals surface area contributed by atoms with Crippen molar-refractivity contribution in [3.63, 3.8) is 0 Å². The van der Waals surface area contributed by atoms with E-state index in [9.17, 15) is 5.21 Å². The standard InChI is InChI=1S/C18H20N2O2/c1-4-7-15-14(5-2)18(20-21)17-12-13(8-9-16(15)17)22-11-6-10-19-3/h4-9,11-12,19,21H,2,10H2,1,3H3/b7-4-,11-6+,20-18-. The highest BCUT2D eigenvalue weighted by Crippen LogP contribution is 2.36. The average molecular weight is 296 g/mol. The van der Waals surface area contributed by atoms with Gasteiger partial charge in [-0.25, -0.2) is 0 Å². The second-order valence-electron chi connectivity index (χ2n) is 4.73. The van der Waals surface area contributed by atoms with Crippen molar-refractivity contribution >= 4 is 11.3 Å². The van der Waals surface area contributed by atoms with Gasteiger partial charge in [0.25, 0.3) is 0 Å². The molecule has 0 unspecified atom stereocenters. The molecule has 0 aliphatic heterocycles. The molecule has 0 bridgehead atoms. The second-order valence-corrected chi connectivity index (χ2v) is 4.73. The normalized spacial score (nSPS) is 16.0. The van der Waals surface area contributed by atoms with Gasteiger partial charge < -0.3 is 15.3 Å². The van der Waals surface area contributed by atoms with Crippen LogP contribution in [0.1, 0.15) is 18.1 Å². The summed E-state index contributed by atoms with van der Waals surface area (Å²) in [5.41, 5.74) is 4.18. The second kappa shape index (κ2) is 7.43. The highest BCUT2D eigenvalue weighted by atomic mass is 16.5. The molecule has 1 aromatic rings. The van der Waals surface area contributed by atoms with Crippen molar-refractivity contribution in [2.75, 3.05) is 13.6 Å². The molecule has 114 valence electrons. The van der Waals surface area contributed by atoms with E-state index in [0.29, 0.717) is 11.5 Å². The zero-order chi connectivity index (χ0) is 15.9. The zero-order valence-electron chi connectivity index (χ0n) is 12.8. The van der Waals surface area contributed by atoms with Crippen LogP contribution in [0.15, 0.2) is 66.1 Å². The lowest BCUT2D eigenvalue weighted by Gasteiger charge is -2.05. The summed E-state index contributed by atoms with van der Waals surface area (Å²) >= 11 is 0. The number of nitrogens with zero attached hydrogens (tertiary/aromatic N) is 1. The predicted octanol–water partition coefficient (Wildman–Crippen LogP) is 3.51. The van der Waals surface area contributed by atoms with Crippen LogP contribution < -0.4 is 10.1 Å². The number of fused-ring (bicyclic) bond motifs is 1. The van der Waals surface area contributed by atoms with Gasteiger partial charge in [-0.2, -0.15) is 0 Å². The Morgan fingerprint density at radius 3 is 2.77 bits per heavy atom. The van der Waals surface area contributed by atoms with E-state index in [-0.39, 0.29) is 0 Å². The maximum atomic E-state index is 9.36. The SMILES string of the molecule is C=CC1=C(/C=C\C)c2ccc(O/C=C/CNC)cc2/C1=N\O. The fourth-order valence-corrected chi connectivity index (χ4v) is 2.40. The Bertz CT molecular complexity index is 682. The van der Waals surface area contributed by atoms with Crippen LogP contribution in [0.2, 0.25) is 0 Å². The van der Waals surface area contributed by atoms with Crippen LogP contribution >= 0.6 is 0 Å². The zero-order valence-corrected chi connectivity index (χ0v) is 12.8. The summed E-state index contributed by atoms with van der Waals surface area (Å²) in [6, 6.07) is 5.73. The Hall–Kier alpha value is -2.59. The van der Waals surface area contributed by atoms with E-state index in [4.69, 9.17) is 4.74 Å². The quantitative estimate of drug-likeness (QED) is 0.480. The van der Waals surface area contributed by atoms with E-state index in [0.717, 1.165) is 28.8 Å². The van der Waals surface area contributed by atoms with Gasteiger partial charge in [-0.15, -0.1) is 0 Å². The molecule has 0 atom stereocenters. The Morgan fingerprint density at radius 2 is 2.14 bits per heavy atom. The van der Waals surface area contributed by atoms with E-state index in [1.165, 1.54) is 0 Å². The lowest BCUT2D eigenvalue weighted by Crippen LogP contribution is -2.04. The first-order chi connectivity index (χ1) is 10.8. The van der Waals surface area contributed by atoms with Crippen molar-refractivity contribution in [3.05, 3.63) is 72.0 Å². The summed E-state index contributed by atoms with van der Waals surface area (Å²) < 4.78 is 5.57. The smallest absolute Gasteiger partial charge is 0.127 e. The summed E-state index contributed by atoms with van der Waals surface area (Å²) in [6.07, 6.45) is 9.16. The maximum absolute atomic E-state index is 9.36. The minimum atomic E-state index is 0.516. The molecule has 0 heterocycles.